The molecule has 0 aliphatic rings. The summed E-state index contributed by atoms with van der Waals surface area (Å²) < 4.78 is 0. The molecule has 28 heavy (non-hydrogen) atoms. The predicted octanol–water partition coefficient (Wildman–Crippen LogP) is 4.18. The fourth-order valence-corrected chi connectivity index (χ4v) is 2.92. The molecule has 150 valence electrons. The average Bonchev–Trinajstić information content (AvgIpc) is 2.68. The fourth-order valence-electron chi connectivity index (χ4n) is 2.92. The number of nitrogens with zero attached hydrogens (tertiary/aromatic N) is 1. The SMILES string of the molecule is CC[C@@H](C)NC(=O)[C@@H](C)N(Cc1ccc(C)cc1)C(=O)Cc1ccc(C)cc1. The number of carbonyl (C=O) groups is 2. The highest BCUT2D eigenvalue weighted by Gasteiger charge is 2.26. The Morgan fingerprint density at radius 3 is 1.89 bits per heavy atom. The third-order valence-corrected chi connectivity index (χ3v) is 5.12. The lowest BCUT2D eigenvalue weighted by Gasteiger charge is -2.30. The molecule has 0 spiro atoms. The molecule has 1 N–H and O–H groups in total. The Balaban J connectivity index is 2.20. The average molecular weight is 381 g/mol. The molecule has 0 unspecified atom stereocenters. The quantitative estimate of drug-likeness (QED) is 0.747. The summed E-state index contributed by atoms with van der Waals surface area (Å²) in [6.07, 6.45) is 1.14. The number of nitrogens with one attached hydrogen (secondary N) is 1. The topological polar surface area (TPSA) is 49.4 Å². The highest BCUT2D eigenvalue weighted by atomic mass is 16.2. The standard InChI is InChI=1S/C24H32N2O2/c1-6-19(4)25-24(28)20(5)26(16-22-13-9-18(3)10-14-22)23(27)15-21-11-7-17(2)8-12-21/h7-14,19-20H,6,15-16H2,1-5H3,(H,25,28)/t19-,20-/m1/s1. The van der Waals surface area contributed by atoms with Crippen LogP contribution >= 0.6 is 0 Å². The van der Waals surface area contributed by atoms with Crippen LogP contribution in [0.2, 0.25) is 0 Å². The molecule has 2 atom stereocenters. The van der Waals surface area contributed by atoms with Gasteiger partial charge >= 0.3 is 0 Å². The van der Waals surface area contributed by atoms with E-state index in [1.807, 2.05) is 76.2 Å². The minimum absolute atomic E-state index is 0.0452. The van der Waals surface area contributed by atoms with Crippen molar-refractivity contribution in [1.82, 2.24) is 10.2 Å². The number of hydrogen-bond donors (Lipinski definition) is 1. The van der Waals surface area contributed by atoms with Crippen molar-refractivity contribution in [2.75, 3.05) is 0 Å². The van der Waals surface area contributed by atoms with Crippen molar-refractivity contribution in [2.24, 2.45) is 0 Å². The predicted molar refractivity (Wildman–Crippen MR) is 114 cm³/mol. The number of carbonyl (C=O) groups excluding carboxylic acids is 2. The van der Waals surface area contributed by atoms with Gasteiger partial charge in [-0.05, 0) is 45.2 Å². The molecule has 0 fully saturated rings. The van der Waals surface area contributed by atoms with E-state index in [4.69, 9.17) is 0 Å². The smallest absolute Gasteiger partial charge is 0.242 e. The van der Waals surface area contributed by atoms with Crippen LogP contribution in [0.15, 0.2) is 48.5 Å². The largest absolute Gasteiger partial charge is 0.352 e. The van der Waals surface area contributed by atoms with E-state index in [1.165, 1.54) is 5.56 Å². The summed E-state index contributed by atoms with van der Waals surface area (Å²) in [6, 6.07) is 15.6. The first-order chi connectivity index (χ1) is 13.3. The maximum atomic E-state index is 13.1. The molecule has 4 heteroatoms. The number of amides is 2. The van der Waals surface area contributed by atoms with Crippen molar-refractivity contribution in [3.63, 3.8) is 0 Å². The monoisotopic (exact) mass is 380 g/mol. The van der Waals surface area contributed by atoms with Crippen molar-refractivity contribution in [3.8, 4) is 0 Å². The van der Waals surface area contributed by atoms with Crippen LogP contribution in [0.5, 0.6) is 0 Å². The second kappa shape index (κ2) is 10.1. The van der Waals surface area contributed by atoms with E-state index in [1.54, 1.807) is 11.8 Å². The van der Waals surface area contributed by atoms with Gasteiger partial charge in [-0.15, -0.1) is 0 Å². The first-order valence-electron chi connectivity index (χ1n) is 10.0. The summed E-state index contributed by atoms with van der Waals surface area (Å²) in [5, 5.41) is 3.00. The molecular formula is C24H32N2O2. The molecule has 0 heterocycles. The molecule has 0 bridgehead atoms. The van der Waals surface area contributed by atoms with Crippen LogP contribution in [0.25, 0.3) is 0 Å². The van der Waals surface area contributed by atoms with Crippen LogP contribution in [0.4, 0.5) is 0 Å². The van der Waals surface area contributed by atoms with Gasteiger partial charge in [-0.2, -0.15) is 0 Å². The lowest BCUT2D eigenvalue weighted by atomic mass is 10.1. The van der Waals surface area contributed by atoms with Crippen molar-refractivity contribution in [1.29, 1.82) is 0 Å². The van der Waals surface area contributed by atoms with E-state index in [0.717, 1.165) is 23.1 Å². The van der Waals surface area contributed by atoms with E-state index in [0.29, 0.717) is 6.54 Å². The number of aryl methyl sites for hydroxylation is 2. The molecule has 0 saturated heterocycles. The van der Waals surface area contributed by atoms with E-state index in [2.05, 4.69) is 5.32 Å². The molecule has 0 saturated carbocycles. The molecule has 2 rings (SSSR count). The second-order valence-electron chi connectivity index (χ2n) is 7.66. The van der Waals surface area contributed by atoms with Crippen molar-refractivity contribution in [3.05, 3.63) is 70.8 Å². The first-order valence-corrected chi connectivity index (χ1v) is 10.0. The molecule has 2 aromatic carbocycles. The summed E-state index contributed by atoms with van der Waals surface area (Å²) in [4.78, 5) is 27.5. The van der Waals surface area contributed by atoms with E-state index in [9.17, 15) is 9.59 Å². The maximum Gasteiger partial charge on any atom is 0.242 e. The van der Waals surface area contributed by atoms with Crippen molar-refractivity contribution < 1.29 is 9.59 Å². The highest BCUT2D eigenvalue weighted by Crippen LogP contribution is 2.14. The Kier molecular flexibility index (Phi) is 7.80. The number of benzene rings is 2. The van der Waals surface area contributed by atoms with Crippen LogP contribution < -0.4 is 5.32 Å². The van der Waals surface area contributed by atoms with Gasteiger partial charge in [-0.25, -0.2) is 0 Å². The van der Waals surface area contributed by atoms with E-state index >= 15 is 0 Å². The first kappa shape index (κ1) is 21.7. The molecule has 2 amide bonds. The normalized spacial score (nSPS) is 12.9. The van der Waals surface area contributed by atoms with Gasteiger partial charge in [-0.3, -0.25) is 9.59 Å². The molecule has 0 radical (unpaired) electrons. The van der Waals surface area contributed by atoms with Gasteiger partial charge in [0, 0.05) is 12.6 Å². The van der Waals surface area contributed by atoms with Crippen LogP contribution in [0.1, 0.15) is 49.4 Å². The van der Waals surface area contributed by atoms with Crippen LogP contribution in [-0.4, -0.2) is 28.8 Å². The van der Waals surface area contributed by atoms with Gasteiger partial charge in [0.25, 0.3) is 0 Å². The summed E-state index contributed by atoms with van der Waals surface area (Å²) in [5.41, 5.74) is 4.31. The molecule has 0 aromatic heterocycles. The van der Waals surface area contributed by atoms with Crippen LogP contribution in [0, 0.1) is 13.8 Å². The zero-order valence-corrected chi connectivity index (χ0v) is 17.7. The summed E-state index contributed by atoms with van der Waals surface area (Å²) in [5.74, 6) is -0.157. The van der Waals surface area contributed by atoms with Crippen molar-refractivity contribution >= 4 is 11.8 Å². The molecule has 0 aliphatic carbocycles. The molecule has 2 aromatic rings. The van der Waals surface area contributed by atoms with Gasteiger partial charge in [0.2, 0.25) is 11.8 Å². The van der Waals surface area contributed by atoms with Gasteiger partial charge in [0.1, 0.15) is 6.04 Å². The van der Waals surface area contributed by atoms with Crippen LogP contribution in [0.3, 0.4) is 0 Å². The summed E-state index contributed by atoms with van der Waals surface area (Å²) in [7, 11) is 0. The van der Waals surface area contributed by atoms with Crippen molar-refractivity contribution in [2.45, 2.75) is 66.1 Å². The Hall–Kier alpha value is -2.62. The molecule has 0 aliphatic heterocycles. The minimum Gasteiger partial charge on any atom is -0.352 e. The third-order valence-electron chi connectivity index (χ3n) is 5.12. The molecular weight excluding hydrogens is 348 g/mol. The lowest BCUT2D eigenvalue weighted by molar-refractivity contribution is -0.140. The van der Waals surface area contributed by atoms with Gasteiger partial charge in [0.15, 0.2) is 0 Å². The number of hydrogen-bond acceptors (Lipinski definition) is 2. The zero-order chi connectivity index (χ0) is 20.7. The maximum absolute atomic E-state index is 13.1. The van der Waals surface area contributed by atoms with Crippen LogP contribution in [-0.2, 0) is 22.6 Å². The Bertz CT molecular complexity index is 781. The minimum atomic E-state index is -0.534. The second-order valence-corrected chi connectivity index (χ2v) is 7.66. The Morgan fingerprint density at radius 2 is 1.39 bits per heavy atom. The highest BCUT2D eigenvalue weighted by molar-refractivity contribution is 5.88. The Morgan fingerprint density at radius 1 is 0.893 bits per heavy atom. The molecule has 4 nitrogen and oxygen atoms in total. The number of rotatable bonds is 8. The third kappa shape index (κ3) is 6.22. The lowest BCUT2D eigenvalue weighted by Crippen LogP contribution is -2.49. The summed E-state index contributed by atoms with van der Waals surface area (Å²) in [6.45, 7) is 10.3. The van der Waals surface area contributed by atoms with Gasteiger partial charge in [0.05, 0.1) is 6.42 Å². The van der Waals surface area contributed by atoms with Gasteiger partial charge < -0.3 is 10.2 Å². The zero-order valence-electron chi connectivity index (χ0n) is 17.7. The summed E-state index contributed by atoms with van der Waals surface area (Å²) >= 11 is 0. The van der Waals surface area contributed by atoms with E-state index in [-0.39, 0.29) is 24.3 Å². The van der Waals surface area contributed by atoms with E-state index < -0.39 is 6.04 Å². The Labute approximate surface area is 169 Å². The van der Waals surface area contributed by atoms with Gasteiger partial charge in [-0.1, -0.05) is 66.6 Å². The fraction of sp³-hybridized carbons (Fsp3) is 0.417.